The largest absolute Gasteiger partial charge is 0.493 e. The van der Waals surface area contributed by atoms with Gasteiger partial charge in [0.1, 0.15) is 23.5 Å². The number of Topliss-reactive ketones (excluding diaryl/α,β-unsaturated/α-hetero) is 1. The predicted molar refractivity (Wildman–Crippen MR) is 199 cm³/mol. The smallest absolute Gasteiger partial charge is 0.256 e. The lowest BCUT2D eigenvalue weighted by Gasteiger charge is -2.29. The first-order valence-corrected chi connectivity index (χ1v) is 19.0. The fourth-order valence-corrected chi connectivity index (χ4v) is 8.17. The molecule has 1 fully saturated rings. The molecule has 51 heavy (non-hydrogen) atoms. The summed E-state index contributed by atoms with van der Waals surface area (Å²) >= 11 is 5.09. The number of piperidine rings is 1. The predicted octanol–water partition coefficient (Wildman–Crippen LogP) is 7.24. The van der Waals surface area contributed by atoms with Gasteiger partial charge in [0.05, 0.1) is 30.8 Å². The minimum absolute atomic E-state index is 0.0161. The second-order valence-corrected chi connectivity index (χ2v) is 14.9. The van der Waals surface area contributed by atoms with Crippen LogP contribution in [0.5, 0.6) is 11.5 Å². The molecule has 1 saturated heterocycles. The van der Waals surface area contributed by atoms with Gasteiger partial charge in [0, 0.05) is 52.0 Å². The van der Waals surface area contributed by atoms with Crippen LogP contribution in [-0.4, -0.2) is 58.1 Å². The maximum atomic E-state index is 13.0. The fraction of sp³-hybridized carbons (Fsp3) is 0.421. The van der Waals surface area contributed by atoms with Crippen LogP contribution in [0.2, 0.25) is 0 Å². The number of nitrogens with one attached hydrogen (secondary N) is 2. The molecule has 2 aromatic carbocycles. The van der Waals surface area contributed by atoms with Crippen LogP contribution in [0.4, 0.5) is 5.82 Å². The molecule has 0 aliphatic carbocycles. The highest BCUT2D eigenvalue weighted by Gasteiger charge is 2.40. The first-order valence-electron chi connectivity index (χ1n) is 17.4. The minimum atomic E-state index is -0.616. The van der Waals surface area contributed by atoms with E-state index in [0.29, 0.717) is 61.7 Å². The number of imide groups is 1. The van der Waals surface area contributed by atoms with Crippen molar-refractivity contribution in [2.45, 2.75) is 90.3 Å². The number of benzene rings is 2. The van der Waals surface area contributed by atoms with Crippen LogP contribution in [0.25, 0.3) is 10.9 Å². The van der Waals surface area contributed by atoms with Gasteiger partial charge in [0.25, 0.3) is 5.91 Å². The number of thiophene rings is 1. The van der Waals surface area contributed by atoms with Gasteiger partial charge in [-0.1, -0.05) is 28.1 Å². The number of ether oxygens (including phenoxy) is 2. The molecule has 0 spiro atoms. The van der Waals surface area contributed by atoms with E-state index in [1.165, 1.54) is 0 Å². The molecule has 0 bridgehead atoms. The van der Waals surface area contributed by atoms with Crippen LogP contribution in [-0.2, 0) is 27.3 Å². The Morgan fingerprint density at radius 3 is 2.71 bits per heavy atom. The molecule has 4 aromatic rings. The Kier molecular flexibility index (Phi) is 11.7. The standard InChI is InChI=1S/C38H42BrN5O6S/c1-22(24-9-7-10-25(39)17-24)40-36-27-18-32(49-3)33(19-30(27)41-23(2)42-36)50-16-6-4-5-11-26(45)12-8-13-34-28-20-44(38(48)29(28)21-51-34)31-14-15-35(46)43-37(31)47/h7,9-10,17-19,21-22,31H,4-6,8,11-16,20H2,1-3H3,(H,40,41,42)(H,43,46,47)/t22-,31?/m1/s1. The zero-order valence-corrected chi connectivity index (χ0v) is 31.5. The van der Waals surface area contributed by atoms with Crippen molar-refractivity contribution in [3.8, 4) is 11.5 Å². The number of aryl methyl sites for hydroxylation is 2. The van der Waals surface area contributed by atoms with E-state index in [0.717, 1.165) is 62.9 Å². The Labute approximate surface area is 309 Å². The quantitative estimate of drug-likeness (QED) is 0.0891. The normalized spacial score (nSPS) is 16.3. The summed E-state index contributed by atoms with van der Waals surface area (Å²) in [6.45, 7) is 4.83. The van der Waals surface area contributed by atoms with Crippen molar-refractivity contribution in [2.24, 2.45) is 0 Å². The fourth-order valence-electron chi connectivity index (χ4n) is 6.67. The molecule has 13 heteroatoms. The molecule has 2 atom stereocenters. The van der Waals surface area contributed by atoms with Gasteiger partial charge in [-0.2, -0.15) is 0 Å². The number of unbranched alkanes of at least 4 members (excludes halogenated alkanes) is 2. The molecule has 268 valence electrons. The first-order chi connectivity index (χ1) is 24.6. The molecular weight excluding hydrogens is 734 g/mol. The molecule has 1 unspecified atom stereocenters. The van der Waals surface area contributed by atoms with Gasteiger partial charge in [0.15, 0.2) is 11.5 Å². The number of rotatable bonds is 16. The van der Waals surface area contributed by atoms with Crippen molar-refractivity contribution >= 4 is 67.5 Å². The lowest BCUT2D eigenvalue weighted by atomic mass is 10.0. The second kappa shape index (κ2) is 16.3. The van der Waals surface area contributed by atoms with Crippen LogP contribution in [0.15, 0.2) is 46.3 Å². The lowest BCUT2D eigenvalue weighted by molar-refractivity contribution is -0.137. The zero-order chi connectivity index (χ0) is 36.1. The number of ketones is 1. The molecule has 2 aromatic heterocycles. The Morgan fingerprint density at radius 1 is 1.10 bits per heavy atom. The van der Waals surface area contributed by atoms with E-state index in [9.17, 15) is 19.2 Å². The molecule has 2 N–H and O–H groups in total. The number of hydrogen-bond donors (Lipinski definition) is 2. The number of amides is 3. The molecular formula is C38H42BrN5O6S. The van der Waals surface area contributed by atoms with Gasteiger partial charge in [-0.3, -0.25) is 24.5 Å². The molecule has 0 radical (unpaired) electrons. The summed E-state index contributed by atoms with van der Waals surface area (Å²) in [5.41, 5.74) is 3.49. The van der Waals surface area contributed by atoms with Crippen LogP contribution < -0.4 is 20.1 Å². The van der Waals surface area contributed by atoms with Crippen molar-refractivity contribution in [1.29, 1.82) is 0 Å². The summed E-state index contributed by atoms with van der Waals surface area (Å²) in [7, 11) is 1.62. The van der Waals surface area contributed by atoms with Gasteiger partial charge in [-0.15, -0.1) is 11.3 Å². The monoisotopic (exact) mass is 775 g/mol. The van der Waals surface area contributed by atoms with Gasteiger partial charge < -0.3 is 19.7 Å². The number of fused-ring (bicyclic) bond motifs is 2. The van der Waals surface area contributed by atoms with E-state index in [1.807, 2.05) is 36.6 Å². The topological polar surface area (TPSA) is 140 Å². The third kappa shape index (κ3) is 8.58. The van der Waals surface area contributed by atoms with E-state index in [4.69, 9.17) is 9.47 Å². The summed E-state index contributed by atoms with van der Waals surface area (Å²) in [4.78, 5) is 61.5. The van der Waals surface area contributed by atoms with Crippen LogP contribution >= 0.6 is 27.3 Å². The van der Waals surface area contributed by atoms with Crippen molar-refractivity contribution < 1.29 is 28.7 Å². The number of anilines is 1. The first kappa shape index (κ1) is 36.4. The van der Waals surface area contributed by atoms with Gasteiger partial charge >= 0.3 is 0 Å². The summed E-state index contributed by atoms with van der Waals surface area (Å²) in [5.74, 6) is 1.97. The van der Waals surface area contributed by atoms with Crippen LogP contribution in [0.1, 0.15) is 96.5 Å². The number of carbonyl (C=O) groups excluding carboxylic acids is 4. The maximum absolute atomic E-state index is 13.0. The Hall–Kier alpha value is -4.36. The number of halogens is 1. The maximum Gasteiger partial charge on any atom is 0.256 e. The second-order valence-electron chi connectivity index (χ2n) is 13.1. The number of carbonyl (C=O) groups is 4. The van der Waals surface area contributed by atoms with Crippen molar-refractivity contribution in [3.63, 3.8) is 0 Å². The molecule has 3 amide bonds. The third-order valence-electron chi connectivity index (χ3n) is 9.40. The van der Waals surface area contributed by atoms with E-state index in [1.54, 1.807) is 23.3 Å². The Bertz CT molecular complexity index is 1960. The minimum Gasteiger partial charge on any atom is -0.493 e. The molecule has 2 aliphatic heterocycles. The number of nitrogens with zero attached hydrogens (tertiary/aromatic N) is 3. The highest BCUT2D eigenvalue weighted by molar-refractivity contribution is 9.10. The number of aromatic nitrogens is 2. The molecule has 4 heterocycles. The highest BCUT2D eigenvalue weighted by Crippen LogP contribution is 2.37. The summed E-state index contributed by atoms with van der Waals surface area (Å²) in [6, 6.07) is 11.4. The zero-order valence-electron chi connectivity index (χ0n) is 29.1. The third-order valence-corrected chi connectivity index (χ3v) is 11.0. The SMILES string of the molecule is COc1cc2c(N[C@H](C)c3cccc(Br)c3)nc(C)nc2cc1OCCCCCC(=O)CCCc1scc2c1CN(C1CCC(=O)NC1=O)C2=O. The summed E-state index contributed by atoms with van der Waals surface area (Å²) in [5, 5.41) is 8.57. The van der Waals surface area contributed by atoms with Crippen LogP contribution in [0, 0.1) is 6.92 Å². The van der Waals surface area contributed by atoms with Crippen molar-refractivity contribution in [2.75, 3.05) is 19.0 Å². The average Bonchev–Trinajstić information content (AvgIpc) is 3.65. The Morgan fingerprint density at radius 2 is 1.92 bits per heavy atom. The van der Waals surface area contributed by atoms with E-state index in [2.05, 4.69) is 55.6 Å². The van der Waals surface area contributed by atoms with E-state index >= 15 is 0 Å². The lowest BCUT2D eigenvalue weighted by Crippen LogP contribution is -2.52. The summed E-state index contributed by atoms with van der Waals surface area (Å²) in [6.07, 6.45) is 5.47. The Balaban J connectivity index is 0.936. The summed E-state index contributed by atoms with van der Waals surface area (Å²) < 4.78 is 12.8. The highest BCUT2D eigenvalue weighted by atomic mass is 79.9. The molecule has 6 rings (SSSR count). The van der Waals surface area contributed by atoms with Crippen molar-refractivity contribution in [1.82, 2.24) is 20.2 Å². The van der Waals surface area contributed by atoms with Crippen molar-refractivity contribution in [3.05, 3.63) is 73.6 Å². The van der Waals surface area contributed by atoms with Crippen LogP contribution in [0.3, 0.4) is 0 Å². The van der Waals surface area contributed by atoms with Gasteiger partial charge in [0.2, 0.25) is 11.8 Å². The molecule has 2 aliphatic rings. The average molecular weight is 777 g/mol. The van der Waals surface area contributed by atoms with Gasteiger partial charge in [-0.25, -0.2) is 9.97 Å². The molecule has 11 nitrogen and oxygen atoms in total. The number of methoxy groups -OCH3 is 1. The van der Waals surface area contributed by atoms with Gasteiger partial charge in [-0.05, 0) is 81.7 Å². The molecule has 0 saturated carbocycles. The number of hydrogen-bond acceptors (Lipinski definition) is 10. The van der Waals surface area contributed by atoms with E-state index < -0.39 is 11.9 Å². The van der Waals surface area contributed by atoms with E-state index in [-0.39, 0.29) is 30.1 Å².